The molecule has 2 aliphatic heterocycles. The standard InChI is InChI=1S/C18H40N6O8.2C3H4N2.ClH.6Cu.H2O.2Sn/c19-11-15(29)13(27)9(7-25)31-17(11)23-5-3-21-1-2-22-4-6-24-18-12(20)16(30)14(28)10(8-26)32-18;2*1-2-5-3-4-1;;;;;;;;;;/h9-18,21-30H,1-8,19-20H2;2*1-3H,(H,4,5);1H;;;;;;;1H2;;/q;;;;6*+2;;2*+4/p-1/t9-,10+,11-,12+,13-,14+,15+,16-,17-,18+;;;;;;;;;;;;. The number of aliphatic hydroxyl groups is 6. The van der Waals surface area contributed by atoms with Crippen LogP contribution in [0, 0.1) is 0 Å². The van der Waals surface area contributed by atoms with Crippen LogP contribution in [0.4, 0.5) is 0 Å². The Labute approximate surface area is 407 Å². The van der Waals surface area contributed by atoms with Crippen LogP contribution >= 0.6 is 0 Å². The van der Waals surface area contributed by atoms with Crippen LogP contribution in [-0.2, 0) is 112 Å². The van der Waals surface area contributed by atoms with E-state index < -0.39 is 74.4 Å². The van der Waals surface area contributed by atoms with Gasteiger partial charge in [-0.05, 0) is 0 Å². The summed E-state index contributed by atoms with van der Waals surface area (Å²) in [5.74, 6) is 0. The number of nitrogens with one attached hydrogen (secondary N) is 6. The summed E-state index contributed by atoms with van der Waals surface area (Å²) in [6, 6.07) is -1.61. The van der Waals surface area contributed by atoms with Crippen molar-refractivity contribution in [1.29, 1.82) is 0 Å². The van der Waals surface area contributed by atoms with Gasteiger partial charge in [-0.1, -0.05) is 0 Å². The molecule has 2 aromatic rings. The van der Waals surface area contributed by atoms with Crippen LogP contribution in [0.1, 0.15) is 0 Å². The second kappa shape index (κ2) is 46.5. The first kappa shape index (κ1) is 75.6. The van der Waals surface area contributed by atoms with Crippen molar-refractivity contribution in [2.24, 2.45) is 11.5 Å². The minimum atomic E-state index is -1.22. The zero-order chi connectivity index (χ0) is 30.7. The molecule has 18 N–H and O–H groups in total. The second-order valence-corrected chi connectivity index (χ2v) is 9.60. The maximum Gasteiger partial charge on any atom is 4.00 e. The summed E-state index contributed by atoms with van der Waals surface area (Å²) >= 11 is 0. The molecule has 0 spiro atoms. The predicted octanol–water partition coefficient (Wildman–Crippen LogP) is -10.9. The van der Waals surface area contributed by atoms with Crippen molar-refractivity contribution in [3.63, 3.8) is 0 Å². The van der Waals surface area contributed by atoms with E-state index in [4.69, 9.17) is 20.9 Å². The van der Waals surface area contributed by atoms with E-state index in [-0.39, 0.29) is 168 Å². The minimum absolute atomic E-state index is 0. The fraction of sp³-hybridized carbons (Fsp3) is 0.750. The van der Waals surface area contributed by atoms with Crippen molar-refractivity contribution in [3.8, 4) is 0 Å². The van der Waals surface area contributed by atoms with Crippen LogP contribution in [0.15, 0.2) is 37.4 Å². The Hall–Kier alpha value is 2.82. The van der Waals surface area contributed by atoms with Crippen LogP contribution in [0.3, 0.4) is 0 Å². The molecule has 6 radical (unpaired) electrons. The molecule has 0 saturated carbocycles. The normalized spacial score (nSPS) is 26.5. The molecule has 0 bridgehead atoms. The number of rotatable bonds is 13. The van der Waals surface area contributed by atoms with Gasteiger partial charge in [0.15, 0.2) is 0 Å². The molecule has 0 aromatic carbocycles. The molecule has 2 fully saturated rings. The summed E-state index contributed by atoms with van der Waals surface area (Å²) in [5, 5.41) is 70.4. The molecule has 2 aliphatic rings. The summed E-state index contributed by atoms with van der Waals surface area (Å²) in [4.78, 5) is 12.8. The number of nitrogens with two attached hydrogens (primary N) is 2. The number of aromatic amines is 2. The van der Waals surface area contributed by atoms with E-state index in [1.54, 1.807) is 37.4 Å². The summed E-state index contributed by atoms with van der Waals surface area (Å²) in [6.07, 6.45) is 2.25. The number of hydrogen-bond acceptors (Lipinski definition) is 16. The number of nitrogens with zero attached hydrogens (tertiary/aromatic N) is 2. The van der Waals surface area contributed by atoms with Gasteiger partial charge in [0, 0.05) is 64.1 Å². The molecule has 4 heterocycles. The molecule has 2 aromatic heterocycles. The first-order valence-electron chi connectivity index (χ1n) is 13.8. The van der Waals surface area contributed by atoms with E-state index >= 15 is 0 Å². The maximum absolute atomic E-state index is 9.93. The van der Waals surface area contributed by atoms with Crippen LogP contribution in [0.2, 0.25) is 0 Å². The van der Waals surface area contributed by atoms with E-state index in [0.29, 0.717) is 39.3 Å². The number of aromatic nitrogens is 4. The molecule has 28 heteroatoms. The van der Waals surface area contributed by atoms with Crippen LogP contribution in [0.25, 0.3) is 0 Å². The SMILES string of the molecule is N[C@@H]1[C@H](O)[C@H](O)[C@@H](CO)O[C@H]1NCCNCCNCCN[C@H]1O[C@@H](CO)[C@H](O)[C@H](O)[C@@H]1N.O.[Cl-].[Cu+2].[Cu+2].[Cu+2].[Cu+2].[Cu+2].[Cu+2].[Sn+4].[Sn+4].c1c[nH]cn1.c1c[nH]cn1. The molecule has 0 unspecified atom stereocenters. The monoisotopic (exact) mass is 1270 g/mol. The Morgan fingerprint density at radius 1 is 0.577 bits per heavy atom. The first-order chi connectivity index (χ1) is 20.3. The minimum Gasteiger partial charge on any atom is -1.00 e. The molecule has 0 amide bonds. The summed E-state index contributed by atoms with van der Waals surface area (Å²) in [6.45, 7) is 2.81. The van der Waals surface area contributed by atoms with Crippen molar-refractivity contribution >= 4 is 47.8 Å². The van der Waals surface area contributed by atoms with Crippen LogP contribution in [0.5, 0.6) is 0 Å². The quantitative estimate of drug-likeness (QED) is 0.0655. The smallest absolute Gasteiger partial charge is 1.00 e. The van der Waals surface area contributed by atoms with Gasteiger partial charge >= 0.3 is 150 Å². The summed E-state index contributed by atoms with van der Waals surface area (Å²) in [5.41, 5.74) is 11.7. The fourth-order valence-electron chi connectivity index (χ4n) is 4.11. The fourth-order valence-corrected chi connectivity index (χ4v) is 4.11. The van der Waals surface area contributed by atoms with Gasteiger partial charge in [0.05, 0.1) is 38.0 Å². The molecular formula is C24H50ClCu6N10O9Sn2+19. The third kappa shape index (κ3) is 29.1. The zero-order valence-corrected chi connectivity index (χ0v) is 39.2. The number of aliphatic hydroxyl groups excluding tert-OH is 6. The molecular weight excluding hydrogens is 1230 g/mol. The van der Waals surface area contributed by atoms with Crippen molar-refractivity contribution in [3.05, 3.63) is 37.4 Å². The van der Waals surface area contributed by atoms with Gasteiger partial charge in [0.1, 0.15) is 49.1 Å². The number of H-pyrrole nitrogens is 2. The molecule has 0 aliphatic carbocycles. The molecule has 52 heavy (non-hydrogen) atoms. The van der Waals surface area contributed by atoms with E-state index in [2.05, 4.69) is 41.2 Å². The predicted molar refractivity (Wildman–Crippen MR) is 166 cm³/mol. The van der Waals surface area contributed by atoms with E-state index in [0.717, 1.165) is 0 Å². The Kier molecular flexibility index (Phi) is 67.7. The molecule has 4 rings (SSSR count). The number of imidazole rings is 2. The Balaban J connectivity index is -0.000000114. The maximum atomic E-state index is 9.93. The molecule has 2 saturated heterocycles. The Morgan fingerprint density at radius 3 is 1.12 bits per heavy atom. The third-order valence-electron chi connectivity index (χ3n) is 6.54. The van der Waals surface area contributed by atoms with Crippen LogP contribution in [-0.4, -0.2) is 218 Å². The van der Waals surface area contributed by atoms with Crippen molar-refractivity contribution in [2.75, 3.05) is 52.5 Å². The van der Waals surface area contributed by atoms with E-state index in [1.165, 1.54) is 0 Å². The molecule has 10 atom stereocenters. The first-order valence-corrected chi connectivity index (χ1v) is 13.8. The van der Waals surface area contributed by atoms with Crippen molar-refractivity contribution in [2.45, 2.75) is 61.2 Å². The van der Waals surface area contributed by atoms with Crippen LogP contribution < -0.4 is 45.1 Å². The van der Waals surface area contributed by atoms with Crippen molar-refractivity contribution in [1.82, 2.24) is 41.2 Å². The molecule has 19 nitrogen and oxygen atoms in total. The Morgan fingerprint density at radius 2 is 0.885 bits per heavy atom. The van der Waals surface area contributed by atoms with Gasteiger partial charge < -0.3 is 90.1 Å². The number of halogens is 1. The van der Waals surface area contributed by atoms with Gasteiger partial charge in [-0.25, -0.2) is 9.97 Å². The van der Waals surface area contributed by atoms with Gasteiger partial charge in [0.2, 0.25) is 0 Å². The average Bonchev–Trinajstić information content (AvgIpc) is 3.78. The van der Waals surface area contributed by atoms with Crippen molar-refractivity contribution < 1.29 is 160 Å². The largest absolute Gasteiger partial charge is 4.00 e. The topological polar surface area (TPSA) is 329 Å². The third-order valence-corrected chi connectivity index (χ3v) is 6.54. The molecule has 312 valence electrons. The summed E-state index contributed by atoms with van der Waals surface area (Å²) in [7, 11) is 0. The second-order valence-electron chi connectivity index (χ2n) is 9.60. The average molecular weight is 1280 g/mol. The van der Waals surface area contributed by atoms with E-state index in [1.807, 2.05) is 0 Å². The zero-order valence-electron chi connectivity index (χ0n) is 27.1. The van der Waals surface area contributed by atoms with E-state index in [9.17, 15) is 30.6 Å². The van der Waals surface area contributed by atoms with Gasteiger partial charge in [0.25, 0.3) is 0 Å². The number of ether oxygens (including phenoxy) is 2. The van der Waals surface area contributed by atoms with Gasteiger partial charge in [-0.2, -0.15) is 0 Å². The van der Waals surface area contributed by atoms with Gasteiger partial charge in [-0.15, -0.1) is 0 Å². The van der Waals surface area contributed by atoms with Gasteiger partial charge in [-0.3, -0.25) is 10.6 Å². The Bertz CT molecular complexity index is 813. The number of hydrogen-bond donors (Lipinski definition) is 14. The summed E-state index contributed by atoms with van der Waals surface area (Å²) < 4.78 is 11.0.